The summed E-state index contributed by atoms with van der Waals surface area (Å²) in [7, 11) is 0. The van der Waals surface area contributed by atoms with Crippen LogP contribution in [0.25, 0.3) is 5.00 Å². The van der Waals surface area contributed by atoms with Gasteiger partial charge >= 0.3 is 5.97 Å². The Hall–Kier alpha value is -4.79. The molecular weight excluding hydrogens is 760 g/mol. The lowest BCUT2D eigenvalue weighted by atomic mass is 9.95. The topological polar surface area (TPSA) is 120 Å². The van der Waals surface area contributed by atoms with E-state index in [0.29, 0.717) is 37.5 Å². The number of benzene rings is 2. The Morgan fingerprint density at radius 3 is 2.70 bits per heavy atom. The van der Waals surface area contributed by atoms with Gasteiger partial charge in [-0.2, -0.15) is 0 Å². The highest BCUT2D eigenvalue weighted by Crippen LogP contribution is 2.42. The highest BCUT2D eigenvalue weighted by atomic mass is 35.5. The molecule has 2 aromatic carbocycles. The third-order valence-corrected chi connectivity index (χ3v) is 12.1. The summed E-state index contributed by atoms with van der Waals surface area (Å²) in [6, 6.07) is 20.2. The van der Waals surface area contributed by atoms with Gasteiger partial charge in [0.1, 0.15) is 35.8 Å². The van der Waals surface area contributed by atoms with Gasteiger partial charge in [-0.1, -0.05) is 53.2 Å². The number of oxime groups is 1. The first-order chi connectivity index (χ1) is 27.9. The van der Waals surface area contributed by atoms with Crippen molar-refractivity contribution in [3.8, 4) is 5.00 Å². The predicted octanol–water partition coefficient (Wildman–Crippen LogP) is 6.97. The van der Waals surface area contributed by atoms with E-state index < -0.39 is 0 Å². The van der Waals surface area contributed by atoms with Crippen molar-refractivity contribution in [3.63, 3.8) is 0 Å². The molecule has 0 spiro atoms. The van der Waals surface area contributed by atoms with E-state index in [1.54, 1.807) is 23.7 Å². The molecule has 296 valence electrons. The largest absolute Gasteiger partial charge is 0.464 e. The molecule has 1 saturated heterocycles. The smallest absolute Gasteiger partial charge is 0.305 e. The van der Waals surface area contributed by atoms with Gasteiger partial charge in [-0.25, -0.2) is 0 Å². The number of ether oxygens (including phenoxy) is 2. The summed E-state index contributed by atoms with van der Waals surface area (Å²) in [6.07, 6.45) is 6.16. The first kappa shape index (κ1) is 39.1. The van der Waals surface area contributed by atoms with Gasteiger partial charge in [0, 0.05) is 90.2 Å². The second-order valence-corrected chi connectivity index (χ2v) is 16.1. The minimum absolute atomic E-state index is 0.169. The van der Waals surface area contributed by atoms with E-state index in [-0.39, 0.29) is 12.0 Å². The molecule has 0 radical (unpaired) electrons. The third kappa shape index (κ3) is 9.03. The molecular formula is C43H47ClN8O4S. The van der Waals surface area contributed by atoms with Crippen molar-refractivity contribution in [1.82, 2.24) is 29.5 Å². The molecule has 3 aliphatic rings. The Morgan fingerprint density at radius 1 is 1.00 bits per heavy atom. The second-order valence-electron chi connectivity index (χ2n) is 14.6. The molecule has 6 heterocycles. The van der Waals surface area contributed by atoms with Crippen molar-refractivity contribution in [2.75, 3.05) is 52.6 Å². The third-order valence-electron chi connectivity index (χ3n) is 10.6. The van der Waals surface area contributed by atoms with Crippen LogP contribution in [0.2, 0.25) is 5.02 Å². The van der Waals surface area contributed by atoms with Crippen molar-refractivity contribution in [2.45, 2.75) is 58.7 Å². The van der Waals surface area contributed by atoms with Gasteiger partial charge in [0.2, 0.25) is 0 Å². The number of carbonyl (C=O) groups is 1. The van der Waals surface area contributed by atoms with Crippen LogP contribution in [-0.4, -0.2) is 99.5 Å². The van der Waals surface area contributed by atoms with E-state index in [2.05, 4.69) is 72.0 Å². The van der Waals surface area contributed by atoms with Crippen molar-refractivity contribution >= 4 is 40.3 Å². The van der Waals surface area contributed by atoms with Gasteiger partial charge in [0.25, 0.3) is 0 Å². The SMILES string of the molecule is Cc1nnc2n1-c1sc3c(c1C(c1ccccc1Cl)=NC2C)CCN(Cc1cccc(/C(=N\OCCCCC(=O)OCCN2CCOCC2)c2cccnc2)c1)C3. The normalized spacial score (nSPS) is 17.3. The van der Waals surface area contributed by atoms with Crippen molar-refractivity contribution in [2.24, 2.45) is 10.1 Å². The quantitative estimate of drug-likeness (QED) is 0.0508. The van der Waals surface area contributed by atoms with Crippen LogP contribution in [0.5, 0.6) is 0 Å². The van der Waals surface area contributed by atoms with Crippen LogP contribution >= 0.6 is 22.9 Å². The first-order valence-electron chi connectivity index (χ1n) is 19.7. The number of hydrogen-bond donors (Lipinski definition) is 0. The van der Waals surface area contributed by atoms with E-state index >= 15 is 0 Å². The number of rotatable bonds is 14. The van der Waals surface area contributed by atoms with E-state index in [1.807, 2.05) is 37.3 Å². The predicted molar refractivity (Wildman–Crippen MR) is 222 cm³/mol. The lowest BCUT2D eigenvalue weighted by Gasteiger charge is -2.27. The van der Waals surface area contributed by atoms with Crippen LogP contribution in [0.4, 0.5) is 0 Å². The fourth-order valence-electron chi connectivity index (χ4n) is 7.63. The number of fused-ring (bicyclic) bond motifs is 5. The van der Waals surface area contributed by atoms with E-state index in [4.69, 9.17) is 30.9 Å². The maximum Gasteiger partial charge on any atom is 0.305 e. The zero-order valence-electron chi connectivity index (χ0n) is 32.4. The van der Waals surface area contributed by atoms with Crippen molar-refractivity contribution < 1.29 is 19.1 Å². The number of carbonyl (C=O) groups excluding carboxylic acids is 1. The van der Waals surface area contributed by atoms with Crippen molar-refractivity contribution in [3.05, 3.63) is 128 Å². The lowest BCUT2D eigenvalue weighted by Crippen LogP contribution is -2.38. The summed E-state index contributed by atoms with van der Waals surface area (Å²) < 4.78 is 13.0. The Morgan fingerprint density at radius 2 is 1.86 bits per heavy atom. The minimum Gasteiger partial charge on any atom is -0.464 e. The molecule has 5 aromatic rings. The molecule has 0 aliphatic carbocycles. The summed E-state index contributed by atoms with van der Waals surface area (Å²) >= 11 is 8.62. The molecule has 1 atom stereocenters. The molecule has 8 rings (SSSR count). The number of aliphatic imine (C=N–C) groups is 1. The fourth-order valence-corrected chi connectivity index (χ4v) is 9.31. The zero-order valence-corrected chi connectivity index (χ0v) is 34.0. The van der Waals surface area contributed by atoms with E-state index in [1.165, 1.54) is 16.0 Å². The van der Waals surface area contributed by atoms with Crippen LogP contribution in [0.15, 0.2) is 83.2 Å². The standard InChI is InChI=1S/C43H47ClN8O4S/c1-29-42-48-47-30(2)52(42)43-39(41(46-29)34-12-3-4-13-36(34)44)35-15-17-51(28-37(35)57-43)27-31-9-7-10-32(25-31)40(33-11-8-16-45-26-33)49-56-21-6-5-14-38(53)55-24-20-50-18-22-54-23-19-50/h3-4,7-13,16,25-26,29H,5-6,14-15,17-24,27-28H2,1-2H3/b49-40+. The van der Waals surface area contributed by atoms with E-state index in [0.717, 1.165) is 109 Å². The first-order valence-corrected chi connectivity index (χ1v) is 20.9. The van der Waals surface area contributed by atoms with Gasteiger partial charge in [-0.3, -0.25) is 29.1 Å². The number of aryl methyl sites for hydroxylation is 1. The van der Waals surface area contributed by atoms with E-state index in [9.17, 15) is 4.79 Å². The highest BCUT2D eigenvalue weighted by Gasteiger charge is 2.34. The average molecular weight is 807 g/mol. The number of nitrogens with zero attached hydrogens (tertiary/aromatic N) is 8. The number of aromatic nitrogens is 4. The number of halogens is 1. The molecule has 57 heavy (non-hydrogen) atoms. The van der Waals surface area contributed by atoms with Crippen LogP contribution in [0, 0.1) is 6.92 Å². The average Bonchev–Trinajstić information content (AvgIpc) is 3.77. The highest BCUT2D eigenvalue weighted by molar-refractivity contribution is 7.15. The molecule has 3 aliphatic heterocycles. The van der Waals surface area contributed by atoms with Gasteiger partial charge < -0.3 is 14.3 Å². The van der Waals surface area contributed by atoms with Gasteiger partial charge in [0.15, 0.2) is 5.82 Å². The Balaban J connectivity index is 0.938. The molecule has 0 N–H and O–H groups in total. The fraction of sp³-hybridized carbons (Fsp3) is 0.395. The van der Waals surface area contributed by atoms with Crippen molar-refractivity contribution in [1.29, 1.82) is 0 Å². The van der Waals surface area contributed by atoms with Crippen LogP contribution in [0.1, 0.15) is 82.1 Å². The summed E-state index contributed by atoms with van der Waals surface area (Å²) in [5.41, 5.74) is 8.07. The summed E-state index contributed by atoms with van der Waals surface area (Å²) in [6.45, 7) is 11.3. The second kappa shape index (κ2) is 18.2. The zero-order chi connectivity index (χ0) is 39.1. The maximum absolute atomic E-state index is 12.3. The summed E-state index contributed by atoms with van der Waals surface area (Å²) in [5, 5.41) is 15.4. The number of unbranched alkanes of at least 4 members (excludes halogenated alkanes) is 1. The number of esters is 1. The molecule has 0 amide bonds. The molecule has 1 unspecified atom stereocenters. The number of hydrogen-bond acceptors (Lipinski definition) is 12. The van der Waals surface area contributed by atoms with Gasteiger partial charge in [-0.05, 0) is 68.5 Å². The molecule has 1 fully saturated rings. The summed E-state index contributed by atoms with van der Waals surface area (Å²) in [4.78, 5) is 33.8. The minimum atomic E-state index is -0.177. The maximum atomic E-state index is 12.3. The lowest BCUT2D eigenvalue weighted by molar-refractivity contribution is -0.144. The Labute approximate surface area is 342 Å². The van der Waals surface area contributed by atoms with Gasteiger partial charge in [0.05, 0.1) is 18.9 Å². The number of pyridine rings is 1. The molecule has 3 aromatic heterocycles. The molecule has 12 nitrogen and oxygen atoms in total. The van der Waals surface area contributed by atoms with Crippen LogP contribution in [-0.2, 0) is 38.6 Å². The monoisotopic (exact) mass is 806 g/mol. The molecule has 14 heteroatoms. The number of thiophene rings is 1. The van der Waals surface area contributed by atoms with Gasteiger partial charge in [-0.15, -0.1) is 21.5 Å². The van der Waals surface area contributed by atoms with Crippen LogP contribution < -0.4 is 0 Å². The molecule has 0 bridgehead atoms. The van der Waals surface area contributed by atoms with Crippen LogP contribution in [0.3, 0.4) is 0 Å². The Kier molecular flexibility index (Phi) is 12.5. The summed E-state index contributed by atoms with van der Waals surface area (Å²) in [5.74, 6) is 1.52. The molecule has 0 saturated carbocycles. The Bertz CT molecular complexity index is 2250. The number of morpholine rings is 1.